The molecule has 4 aromatic rings. The van der Waals surface area contributed by atoms with Crippen molar-refractivity contribution in [2.24, 2.45) is 0 Å². The first-order chi connectivity index (χ1) is 14.1. The predicted octanol–water partition coefficient (Wildman–Crippen LogP) is 6.54. The summed E-state index contributed by atoms with van der Waals surface area (Å²) in [5.74, 6) is 0. The van der Waals surface area contributed by atoms with Gasteiger partial charge in [-0.25, -0.2) is 4.98 Å². The number of hydrogen-bond acceptors (Lipinski definition) is 3. The molecule has 5 heterocycles. The zero-order chi connectivity index (χ0) is 21.0. The summed E-state index contributed by atoms with van der Waals surface area (Å²) in [4.78, 5) is 9.83. The average molecular weight is 400 g/mol. The van der Waals surface area contributed by atoms with Gasteiger partial charge < -0.3 is 4.74 Å². The fourth-order valence-corrected chi connectivity index (χ4v) is 5.20. The fraction of sp³-hybridized carbons (Fsp3) is 0.462. The van der Waals surface area contributed by atoms with Crippen LogP contribution in [0.15, 0.2) is 30.5 Å². The van der Waals surface area contributed by atoms with Crippen molar-refractivity contribution < 1.29 is 4.74 Å². The van der Waals surface area contributed by atoms with Crippen molar-refractivity contribution in [1.29, 1.82) is 0 Å². The highest BCUT2D eigenvalue weighted by Crippen LogP contribution is 2.52. The molecule has 2 aliphatic heterocycles. The molecule has 0 N–H and O–H groups in total. The van der Waals surface area contributed by atoms with E-state index in [4.69, 9.17) is 14.7 Å². The van der Waals surface area contributed by atoms with E-state index in [1.54, 1.807) is 0 Å². The first-order valence-corrected chi connectivity index (χ1v) is 11.1. The van der Waals surface area contributed by atoms with Gasteiger partial charge in [0, 0.05) is 27.6 Å². The number of hydrogen-bond donors (Lipinski definition) is 0. The van der Waals surface area contributed by atoms with E-state index in [1.165, 1.54) is 27.6 Å². The SMILES string of the molecule is CC(C)(C)c1cc2c(cn1)nc1c3cc4c(cc3cc(C(C)(C)C)n21)C1CCC4O1. The van der Waals surface area contributed by atoms with E-state index in [0.29, 0.717) is 0 Å². The topological polar surface area (TPSA) is 39.4 Å². The maximum atomic E-state index is 6.20. The minimum absolute atomic E-state index is 0.00547. The molecular weight excluding hydrogens is 370 g/mol. The third-order valence-electron chi connectivity index (χ3n) is 6.82. The summed E-state index contributed by atoms with van der Waals surface area (Å²) in [5.41, 5.74) is 8.24. The summed E-state index contributed by atoms with van der Waals surface area (Å²) in [6.07, 6.45) is 4.76. The second kappa shape index (κ2) is 5.61. The van der Waals surface area contributed by atoms with E-state index in [0.717, 1.165) is 35.2 Å². The van der Waals surface area contributed by atoms with Crippen LogP contribution in [0.1, 0.15) is 89.1 Å². The van der Waals surface area contributed by atoms with Gasteiger partial charge in [-0.15, -0.1) is 0 Å². The molecular formula is C26H29N3O. The number of rotatable bonds is 0. The van der Waals surface area contributed by atoms with Crippen LogP contribution in [0, 0.1) is 0 Å². The number of imidazole rings is 1. The minimum atomic E-state index is -0.0141. The summed E-state index contributed by atoms with van der Waals surface area (Å²) >= 11 is 0. The lowest BCUT2D eigenvalue weighted by molar-refractivity contribution is 0.0717. The van der Waals surface area contributed by atoms with Gasteiger partial charge in [0.1, 0.15) is 11.2 Å². The third-order valence-corrected chi connectivity index (χ3v) is 6.82. The van der Waals surface area contributed by atoms with Gasteiger partial charge in [-0.05, 0) is 53.6 Å². The van der Waals surface area contributed by atoms with Crippen LogP contribution in [0.3, 0.4) is 0 Å². The molecule has 0 radical (unpaired) electrons. The van der Waals surface area contributed by atoms with Gasteiger partial charge in [0.2, 0.25) is 0 Å². The maximum Gasteiger partial charge on any atom is 0.146 e. The molecule has 3 aromatic heterocycles. The van der Waals surface area contributed by atoms with E-state index < -0.39 is 0 Å². The van der Waals surface area contributed by atoms with Crippen LogP contribution >= 0.6 is 0 Å². The van der Waals surface area contributed by atoms with Gasteiger partial charge in [-0.1, -0.05) is 41.5 Å². The first-order valence-electron chi connectivity index (χ1n) is 11.1. The molecule has 30 heavy (non-hydrogen) atoms. The van der Waals surface area contributed by atoms with Crippen LogP contribution in [0.5, 0.6) is 0 Å². The number of benzene rings is 1. The van der Waals surface area contributed by atoms with Crippen molar-refractivity contribution in [2.45, 2.75) is 77.4 Å². The molecule has 0 spiro atoms. The van der Waals surface area contributed by atoms with Crippen molar-refractivity contribution in [3.05, 3.63) is 53.0 Å². The molecule has 0 aliphatic carbocycles. The molecule has 0 saturated carbocycles. The van der Waals surface area contributed by atoms with Crippen molar-refractivity contribution >= 4 is 27.5 Å². The predicted molar refractivity (Wildman–Crippen MR) is 121 cm³/mol. The Kier molecular flexibility index (Phi) is 3.43. The molecule has 4 nitrogen and oxygen atoms in total. The summed E-state index contributed by atoms with van der Waals surface area (Å²) in [6.45, 7) is 13.5. The standard InChI is InChI=1S/C26H29N3O/c1-25(2,3)22-12-19-18(13-27-22)28-24-15-11-17-16(20-7-8-21(17)30-20)9-14(15)10-23(29(19)24)26(4,5)6/h9-13,20-21H,7-8H2,1-6H3. The molecule has 154 valence electrons. The number of nitrogens with zero attached hydrogens (tertiary/aromatic N) is 3. The zero-order valence-electron chi connectivity index (χ0n) is 18.7. The van der Waals surface area contributed by atoms with Gasteiger partial charge in [0.15, 0.2) is 0 Å². The summed E-state index contributed by atoms with van der Waals surface area (Å²) in [6, 6.07) is 9.31. The van der Waals surface area contributed by atoms with Crippen molar-refractivity contribution in [1.82, 2.24) is 14.4 Å². The van der Waals surface area contributed by atoms with Crippen LogP contribution < -0.4 is 0 Å². The molecule has 1 fully saturated rings. The molecule has 1 saturated heterocycles. The lowest BCUT2D eigenvalue weighted by Crippen LogP contribution is -2.17. The van der Waals surface area contributed by atoms with E-state index in [2.05, 4.69) is 70.2 Å². The Labute approximate surface area is 177 Å². The van der Waals surface area contributed by atoms with Gasteiger partial charge >= 0.3 is 0 Å². The lowest BCUT2D eigenvalue weighted by atomic mass is 9.87. The third kappa shape index (κ3) is 2.43. The van der Waals surface area contributed by atoms with Crippen molar-refractivity contribution in [2.75, 3.05) is 0 Å². The average Bonchev–Trinajstić information content (AvgIpc) is 3.37. The quantitative estimate of drug-likeness (QED) is 0.337. The van der Waals surface area contributed by atoms with E-state index in [1.807, 2.05) is 6.20 Å². The number of aromatic nitrogens is 3. The number of pyridine rings is 2. The number of ether oxygens (including phenoxy) is 1. The molecule has 1 aromatic carbocycles. The molecule has 6 rings (SSSR count). The minimum Gasteiger partial charge on any atom is -0.366 e. The molecule has 2 aliphatic rings. The monoisotopic (exact) mass is 399 g/mol. The van der Waals surface area contributed by atoms with Crippen LogP contribution in [-0.2, 0) is 15.6 Å². The second-order valence-electron chi connectivity index (χ2n) is 11.1. The van der Waals surface area contributed by atoms with Gasteiger partial charge in [0.25, 0.3) is 0 Å². The van der Waals surface area contributed by atoms with Crippen LogP contribution in [-0.4, -0.2) is 14.4 Å². The fourth-order valence-electron chi connectivity index (χ4n) is 5.20. The lowest BCUT2D eigenvalue weighted by Gasteiger charge is -2.23. The maximum absolute atomic E-state index is 6.20. The Morgan fingerprint density at radius 3 is 2.27 bits per heavy atom. The normalized spacial score (nSPS) is 21.3. The number of fused-ring (bicyclic) bond motifs is 10. The summed E-state index contributed by atoms with van der Waals surface area (Å²) < 4.78 is 8.57. The smallest absolute Gasteiger partial charge is 0.146 e. The zero-order valence-corrected chi connectivity index (χ0v) is 18.7. The molecule has 0 amide bonds. The largest absolute Gasteiger partial charge is 0.366 e. The highest BCUT2D eigenvalue weighted by Gasteiger charge is 2.38. The van der Waals surface area contributed by atoms with E-state index >= 15 is 0 Å². The Morgan fingerprint density at radius 2 is 1.60 bits per heavy atom. The van der Waals surface area contributed by atoms with Gasteiger partial charge in [0.05, 0.1) is 23.9 Å². The highest BCUT2D eigenvalue weighted by molar-refractivity contribution is 6.00. The molecule has 2 bridgehead atoms. The van der Waals surface area contributed by atoms with Crippen LogP contribution in [0.2, 0.25) is 0 Å². The van der Waals surface area contributed by atoms with E-state index in [9.17, 15) is 0 Å². The van der Waals surface area contributed by atoms with Crippen LogP contribution in [0.25, 0.3) is 27.5 Å². The summed E-state index contributed by atoms with van der Waals surface area (Å²) in [5, 5.41) is 2.48. The Morgan fingerprint density at radius 1 is 0.900 bits per heavy atom. The molecule has 2 atom stereocenters. The Balaban J connectivity index is 1.76. The Bertz CT molecular complexity index is 1350. The Hall–Kier alpha value is -2.46. The van der Waals surface area contributed by atoms with Crippen LogP contribution in [0.4, 0.5) is 0 Å². The van der Waals surface area contributed by atoms with Crippen molar-refractivity contribution in [3.8, 4) is 0 Å². The van der Waals surface area contributed by atoms with Crippen molar-refractivity contribution in [3.63, 3.8) is 0 Å². The molecule has 4 heteroatoms. The van der Waals surface area contributed by atoms with Gasteiger partial charge in [-0.3, -0.25) is 9.38 Å². The van der Waals surface area contributed by atoms with Gasteiger partial charge in [-0.2, -0.15) is 0 Å². The first kappa shape index (κ1) is 18.3. The highest BCUT2D eigenvalue weighted by atomic mass is 16.5. The summed E-state index contributed by atoms with van der Waals surface area (Å²) in [7, 11) is 0. The second-order valence-corrected chi connectivity index (χ2v) is 11.1. The molecule has 2 unspecified atom stereocenters. The van der Waals surface area contributed by atoms with E-state index in [-0.39, 0.29) is 23.0 Å².